The van der Waals surface area contributed by atoms with E-state index >= 15 is 0 Å². The monoisotopic (exact) mass is 466 g/mol. The Bertz CT molecular complexity index is 976. The van der Waals surface area contributed by atoms with E-state index in [-0.39, 0.29) is 23.8 Å². The quantitative estimate of drug-likeness (QED) is 0.608. The fourth-order valence-corrected chi connectivity index (χ4v) is 5.01. The zero-order chi connectivity index (χ0) is 24.1. The van der Waals surface area contributed by atoms with Crippen LogP contribution in [-0.4, -0.2) is 62.1 Å². The first kappa shape index (κ1) is 23.9. The van der Waals surface area contributed by atoms with Crippen molar-refractivity contribution < 1.29 is 23.8 Å². The van der Waals surface area contributed by atoms with Crippen LogP contribution in [0.5, 0.6) is 17.2 Å². The molecule has 2 aromatic rings. The first-order valence-corrected chi connectivity index (χ1v) is 12.1. The van der Waals surface area contributed by atoms with E-state index in [4.69, 9.17) is 14.2 Å². The van der Waals surface area contributed by atoms with Gasteiger partial charge in [0.25, 0.3) is 5.91 Å². The van der Waals surface area contributed by atoms with E-state index in [1.54, 1.807) is 32.4 Å². The minimum atomic E-state index is -0.0588. The zero-order valence-corrected chi connectivity index (χ0v) is 20.3. The molecule has 0 saturated carbocycles. The maximum Gasteiger partial charge on any atom is 0.254 e. The number of amides is 2. The van der Waals surface area contributed by atoms with Crippen LogP contribution >= 0.6 is 0 Å². The Balaban J connectivity index is 1.38. The summed E-state index contributed by atoms with van der Waals surface area (Å²) in [5.74, 6) is 2.13. The molecule has 2 aromatic carbocycles. The lowest BCUT2D eigenvalue weighted by Gasteiger charge is -2.35. The van der Waals surface area contributed by atoms with Gasteiger partial charge in [-0.05, 0) is 62.4 Å². The Kier molecular flexibility index (Phi) is 7.60. The zero-order valence-electron chi connectivity index (χ0n) is 20.3. The molecule has 0 N–H and O–H groups in total. The number of nitrogens with zero attached hydrogens (tertiary/aromatic N) is 2. The third-order valence-electron chi connectivity index (χ3n) is 6.84. The molecule has 2 heterocycles. The van der Waals surface area contributed by atoms with Gasteiger partial charge in [0.05, 0.1) is 26.9 Å². The van der Waals surface area contributed by atoms with Crippen molar-refractivity contribution in [3.05, 3.63) is 53.6 Å². The van der Waals surface area contributed by atoms with E-state index in [1.807, 2.05) is 28.9 Å². The van der Waals surface area contributed by atoms with Crippen LogP contribution in [0.1, 0.15) is 54.6 Å². The molecule has 2 aliphatic rings. The molecule has 2 aliphatic heterocycles. The maximum atomic E-state index is 13.4. The van der Waals surface area contributed by atoms with Crippen LogP contribution in [-0.2, 0) is 4.79 Å². The number of carbonyl (C=O) groups is 2. The van der Waals surface area contributed by atoms with Crippen LogP contribution in [0.4, 0.5) is 0 Å². The Morgan fingerprint density at radius 3 is 2.12 bits per heavy atom. The molecule has 34 heavy (non-hydrogen) atoms. The van der Waals surface area contributed by atoms with Crippen molar-refractivity contribution in [2.45, 2.75) is 38.6 Å². The van der Waals surface area contributed by atoms with Crippen LogP contribution in [0.3, 0.4) is 0 Å². The Morgan fingerprint density at radius 1 is 0.882 bits per heavy atom. The summed E-state index contributed by atoms with van der Waals surface area (Å²) in [5.41, 5.74) is 1.70. The summed E-state index contributed by atoms with van der Waals surface area (Å²) in [6, 6.07) is 13.4. The first-order valence-electron chi connectivity index (χ1n) is 12.1. The summed E-state index contributed by atoms with van der Waals surface area (Å²) < 4.78 is 16.1. The van der Waals surface area contributed by atoms with Gasteiger partial charge >= 0.3 is 0 Å². The van der Waals surface area contributed by atoms with Gasteiger partial charge in [0.1, 0.15) is 17.2 Å². The van der Waals surface area contributed by atoms with Crippen LogP contribution < -0.4 is 14.2 Å². The van der Waals surface area contributed by atoms with Crippen molar-refractivity contribution in [1.82, 2.24) is 9.80 Å². The summed E-state index contributed by atoms with van der Waals surface area (Å²) in [6.45, 7) is 4.53. The smallest absolute Gasteiger partial charge is 0.254 e. The predicted molar refractivity (Wildman–Crippen MR) is 129 cm³/mol. The summed E-state index contributed by atoms with van der Waals surface area (Å²) in [5, 5.41) is 0. The average molecular weight is 467 g/mol. The highest BCUT2D eigenvalue weighted by Gasteiger charge is 2.36. The third kappa shape index (κ3) is 5.13. The highest BCUT2D eigenvalue weighted by atomic mass is 16.5. The van der Waals surface area contributed by atoms with Crippen LogP contribution in [0.2, 0.25) is 0 Å². The van der Waals surface area contributed by atoms with Gasteiger partial charge in [-0.1, -0.05) is 12.1 Å². The van der Waals surface area contributed by atoms with Gasteiger partial charge in [-0.15, -0.1) is 0 Å². The SMILES string of the molecule is CCOc1ccc(C2CCCN2C(=O)C2CCN(C(=O)c3cc(OC)cc(OC)c3)CC2)cc1. The molecule has 4 rings (SSSR count). The van der Waals surface area contributed by atoms with Crippen LogP contribution in [0, 0.1) is 5.92 Å². The van der Waals surface area contributed by atoms with E-state index in [2.05, 4.69) is 12.1 Å². The fraction of sp³-hybridized carbons (Fsp3) is 0.481. The molecule has 1 atom stereocenters. The molecule has 2 amide bonds. The predicted octanol–water partition coefficient (Wildman–Crippen LogP) is 4.32. The summed E-state index contributed by atoms with van der Waals surface area (Å²) in [7, 11) is 3.14. The molecule has 182 valence electrons. The molecule has 0 spiro atoms. The summed E-state index contributed by atoms with van der Waals surface area (Å²) >= 11 is 0. The molecule has 1 unspecified atom stereocenters. The minimum absolute atomic E-state index is 0.0489. The normalized spacial score (nSPS) is 18.6. The lowest BCUT2D eigenvalue weighted by Crippen LogP contribution is -2.44. The lowest BCUT2D eigenvalue weighted by atomic mass is 9.93. The van der Waals surface area contributed by atoms with Gasteiger partial charge in [0.2, 0.25) is 5.91 Å². The molecule has 0 radical (unpaired) electrons. The van der Waals surface area contributed by atoms with E-state index in [9.17, 15) is 9.59 Å². The number of carbonyl (C=O) groups excluding carboxylic acids is 2. The molecule has 2 saturated heterocycles. The standard InChI is InChI=1S/C27H34N2O5/c1-4-34-22-9-7-19(8-10-22)25-6-5-13-29(25)27(31)20-11-14-28(15-12-20)26(30)21-16-23(32-2)18-24(17-21)33-3/h7-10,16-18,20,25H,4-6,11-15H2,1-3H3. The van der Waals surface area contributed by atoms with Crippen molar-refractivity contribution in [1.29, 1.82) is 0 Å². The van der Waals surface area contributed by atoms with Gasteiger partial charge in [-0.2, -0.15) is 0 Å². The number of hydrogen-bond acceptors (Lipinski definition) is 5. The van der Waals surface area contributed by atoms with Crippen molar-refractivity contribution in [2.75, 3.05) is 40.5 Å². The molecule has 7 heteroatoms. The van der Waals surface area contributed by atoms with Gasteiger partial charge in [-0.25, -0.2) is 0 Å². The summed E-state index contributed by atoms with van der Waals surface area (Å²) in [6.07, 6.45) is 3.35. The number of benzene rings is 2. The Morgan fingerprint density at radius 2 is 1.53 bits per heavy atom. The molecule has 0 aliphatic carbocycles. The molecular formula is C27H34N2O5. The average Bonchev–Trinajstić information content (AvgIpc) is 3.38. The third-order valence-corrected chi connectivity index (χ3v) is 6.84. The summed E-state index contributed by atoms with van der Waals surface area (Å²) in [4.78, 5) is 30.4. The lowest BCUT2D eigenvalue weighted by molar-refractivity contribution is -0.137. The fourth-order valence-electron chi connectivity index (χ4n) is 5.01. The molecule has 7 nitrogen and oxygen atoms in total. The second-order valence-electron chi connectivity index (χ2n) is 8.86. The van der Waals surface area contributed by atoms with Crippen LogP contribution in [0.25, 0.3) is 0 Å². The van der Waals surface area contributed by atoms with Crippen molar-refractivity contribution in [3.8, 4) is 17.2 Å². The van der Waals surface area contributed by atoms with Crippen LogP contribution in [0.15, 0.2) is 42.5 Å². The van der Waals surface area contributed by atoms with Crippen molar-refractivity contribution in [2.24, 2.45) is 5.92 Å². The van der Waals surface area contributed by atoms with Gasteiger partial charge in [0.15, 0.2) is 0 Å². The minimum Gasteiger partial charge on any atom is -0.497 e. The van der Waals surface area contributed by atoms with E-state index in [0.29, 0.717) is 49.6 Å². The number of hydrogen-bond donors (Lipinski definition) is 0. The number of methoxy groups -OCH3 is 2. The number of ether oxygens (including phenoxy) is 3. The van der Waals surface area contributed by atoms with Gasteiger partial charge < -0.3 is 24.0 Å². The van der Waals surface area contributed by atoms with Crippen molar-refractivity contribution >= 4 is 11.8 Å². The topological polar surface area (TPSA) is 68.3 Å². The number of piperidine rings is 1. The highest BCUT2D eigenvalue weighted by Crippen LogP contribution is 2.35. The van der Waals surface area contributed by atoms with E-state index in [0.717, 1.165) is 30.7 Å². The van der Waals surface area contributed by atoms with E-state index < -0.39 is 0 Å². The number of rotatable bonds is 7. The molecule has 0 bridgehead atoms. The second-order valence-corrected chi connectivity index (χ2v) is 8.86. The van der Waals surface area contributed by atoms with Crippen molar-refractivity contribution in [3.63, 3.8) is 0 Å². The Hall–Kier alpha value is -3.22. The highest BCUT2D eigenvalue weighted by molar-refractivity contribution is 5.95. The molecular weight excluding hydrogens is 432 g/mol. The largest absolute Gasteiger partial charge is 0.497 e. The maximum absolute atomic E-state index is 13.4. The van der Waals surface area contributed by atoms with Gasteiger partial charge in [0, 0.05) is 37.2 Å². The molecule has 0 aromatic heterocycles. The number of likely N-dealkylation sites (tertiary alicyclic amines) is 2. The second kappa shape index (κ2) is 10.8. The van der Waals surface area contributed by atoms with Gasteiger partial charge in [-0.3, -0.25) is 9.59 Å². The Labute approximate surface area is 201 Å². The van der Waals surface area contributed by atoms with E-state index in [1.165, 1.54) is 0 Å². The first-order chi connectivity index (χ1) is 16.5. The molecule has 2 fully saturated rings.